The third-order valence-corrected chi connectivity index (χ3v) is 5.10. The second-order valence-electron chi connectivity index (χ2n) is 5.10. The molecule has 4 nitrogen and oxygen atoms in total. The largest absolute Gasteiger partial charge is 0.384 e. The molecule has 0 aliphatic heterocycles. The quantitative estimate of drug-likeness (QED) is 0.843. The van der Waals surface area contributed by atoms with Crippen LogP contribution in [-0.2, 0) is 21.4 Å². The number of rotatable bonds is 6. The second-order valence-corrected chi connectivity index (χ2v) is 7.69. The molecule has 1 heterocycles. The third kappa shape index (κ3) is 4.33. The fourth-order valence-corrected chi connectivity index (χ4v) is 3.85. The molecule has 0 aliphatic rings. The van der Waals surface area contributed by atoms with Crippen LogP contribution < -0.4 is 4.72 Å². The molecule has 1 aromatic heterocycles. The van der Waals surface area contributed by atoms with Crippen LogP contribution in [0.15, 0.2) is 35.0 Å². The molecule has 0 radical (unpaired) electrons. The number of hydrogen-bond acceptors (Lipinski definition) is 4. The molecular formula is C14H15F2NO3S2. The first-order valence-electron chi connectivity index (χ1n) is 6.36. The molecule has 2 N–H and O–H groups in total. The van der Waals surface area contributed by atoms with Crippen molar-refractivity contribution in [1.82, 2.24) is 4.72 Å². The summed E-state index contributed by atoms with van der Waals surface area (Å²) in [6.07, 6.45) is 0. The summed E-state index contributed by atoms with van der Waals surface area (Å²) < 4.78 is 52.5. The van der Waals surface area contributed by atoms with Crippen LogP contribution in [0.2, 0.25) is 0 Å². The van der Waals surface area contributed by atoms with Crippen molar-refractivity contribution >= 4 is 21.4 Å². The maximum Gasteiger partial charge on any atom is 0.215 e. The van der Waals surface area contributed by atoms with Crippen molar-refractivity contribution in [3.05, 3.63) is 57.8 Å². The molecule has 0 aliphatic carbocycles. The molecule has 0 bridgehead atoms. The van der Waals surface area contributed by atoms with Crippen molar-refractivity contribution in [2.75, 3.05) is 6.54 Å². The Balaban J connectivity index is 2.05. The molecule has 8 heteroatoms. The number of benzene rings is 1. The first kappa shape index (κ1) is 17.0. The minimum absolute atomic E-state index is 0.135. The molecular weight excluding hydrogens is 332 g/mol. The Bertz CT molecular complexity index is 743. The van der Waals surface area contributed by atoms with E-state index in [-0.39, 0.29) is 12.1 Å². The molecule has 2 aromatic rings. The lowest BCUT2D eigenvalue weighted by atomic mass is 10.0. The number of sulfonamides is 1. The highest BCUT2D eigenvalue weighted by Crippen LogP contribution is 2.22. The highest BCUT2D eigenvalue weighted by Gasteiger charge is 2.26. The number of aliphatic hydroxyl groups is 1. The van der Waals surface area contributed by atoms with Crippen molar-refractivity contribution < 1.29 is 22.3 Å². The van der Waals surface area contributed by atoms with Crippen LogP contribution in [0, 0.1) is 11.6 Å². The van der Waals surface area contributed by atoms with E-state index in [1.807, 2.05) is 0 Å². The smallest absolute Gasteiger partial charge is 0.215 e. The first-order valence-corrected chi connectivity index (χ1v) is 8.95. The van der Waals surface area contributed by atoms with Gasteiger partial charge in [0, 0.05) is 18.2 Å². The third-order valence-electron chi connectivity index (χ3n) is 3.14. The monoisotopic (exact) mass is 347 g/mol. The van der Waals surface area contributed by atoms with E-state index in [1.165, 1.54) is 18.3 Å². The summed E-state index contributed by atoms with van der Waals surface area (Å²) in [4.78, 5) is 0. The number of halogens is 2. The molecule has 0 amide bonds. The van der Waals surface area contributed by atoms with E-state index in [1.54, 1.807) is 16.8 Å². The maximum absolute atomic E-state index is 13.5. The Morgan fingerprint density at radius 2 is 2.05 bits per heavy atom. The minimum Gasteiger partial charge on any atom is -0.384 e. The van der Waals surface area contributed by atoms with E-state index in [0.717, 1.165) is 12.1 Å². The van der Waals surface area contributed by atoms with Crippen LogP contribution in [0.5, 0.6) is 0 Å². The van der Waals surface area contributed by atoms with Crippen molar-refractivity contribution in [3.8, 4) is 0 Å². The Hall–Kier alpha value is -1.35. The molecule has 0 fully saturated rings. The van der Waals surface area contributed by atoms with E-state index in [2.05, 4.69) is 4.72 Å². The molecule has 1 aromatic carbocycles. The van der Waals surface area contributed by atoms with Crippen molar-refractivity contribution in [2.45, 2.75) is 18.3 Å². The van der Waals surface area contributed by atoms with E-state index >= 15 is 0 Å². The second kappa shape index (κ2) is 6.41. The lowest BCUT2D eigenvalue weighted by Crippen LogP contribution is -2.38. The van der Waals surface area contributed by atoms with Crippen LogP contribution >= 0.6 is 11.3 Å². The van der Waals surface area contributed by atoms with Gasteiger partial charge in [0.15, 0.2) is 0 Å². The Kier molecular flexibility index (Phi) is 4.96. The molecule has 120 valence electrons. The molecule has 0 saturated carbocycles. The number of thiophene rings is 1. The van der Waals surface area contributed by atoms with Gasteiger partial charge in [-0.15, -0.1) is 0 Å². The molecule has 1 atom stereocenters. The summed E-state index contributed by atoms with van der Waals surface area (Å²) in [7, 11) is -3.86. The van der Waals surface area contributed by atoms with E-state index in [0.29, 0.717) is 11.6 Å². The van der Waals surface area contributed by atoms with Crippen LogP contribution in [0.25, 0.3) is 0 Å². The molecule has 0 saturated heterocycles. The van der Waals surface area contributed by atoms with Crippen LogP contribution in [0.1, 0.15) is 18.1 Å². The predicted octanol–water partition coefficient (Wildman–Crippen LogP) is 2.35. The zero-order valence-corrected chi connectivity index (χ0v) is 13.3. The van der Waals surface area contributed by atoms with Gasteiger partial charge >= 0.3 is 0 Å². The fraction of sp³-hybridized carbons (Fsp3) is 0.286. The van der Waals surface area contributed by atoms with Crippen LogP contribution in [0.4, 0.5) is 8.78 Å². The average Bonchev–Trinajstić information content (AvgIpc) is 2.95. The van der Waals surface area contributed by atoms with Gasteiger partial charge in [-0.2, -0.15) is 11.3 Å². The average molecular weight is 347 g/mol. The fourth-order valence-electron chi connectivity index (χ4n) is 1.82. The molecule has 2 rings (SSSR count). The van der Waals surface area contributed by atoms with Crippen molar-refractivity contribution in [2.24, 2.45) is 0 Å². The van der Waals surface area contributed by atoms with E-state index in [9.17, 15) is 22.3 Å². The number of hydrogen-bond donors (Lipinski definition) is 2. The van der Waals surface area contributed by atoms with Gasteiger partial charge in [0.05, 0.1) is 5.75 Å². The number of nitrogens with one attached hydrogen (secondary N) is 1. The summed E-state index contributed by atoms with van der Waals surface area (Å²) in [5, 5.41) is 13.7. The molecule has 22 heavy (non-hydrogen) atoms. The lowest BCUT2D eigenvalue weighted by Gasteiger charge is -2.22. The van der Waals surface area contributed by atoms with Gasteiger partial charge in [-0.1, -0.05) is 6.07 Å². The summed E-state index contributed by atoms with van der Waals surface area (Å²) >= 11 is 1.38. The van der Waals surface area contributed by atoms with Gasteiger partial charge < -0.3 is 5.11 Å². The topological polar surface area (TPSA) is 66.4 Å². The minimum atomic E-state index is -3.86. The Morgan fingerprint density at radius 3 is 2.64 bits per heavy atom. The van der Waals surface area contributed by atoms with Gasteiger partial charge in [0.2, 0.25) is 10.0 Å². The van der Waals surface area contributed by atoms with Gasteiger partial charge in [-0.3, -0.25) is 0 Å². The van der Waals surface area contributed by atoms with Gasteiger partial charge in [0.1, 0.15) is 17.2 Å². The van der Waals surface area contributed by atoms with E-state index in [4.69, 9.17) is 0 Å². The van der Waals surface area contributed by atoms with Crippen molar-refractivity contribution in [1.29, 1.82) is 0 Å². The Morgan fingerprint density at radius 1 is 1.32 bits per heavy atom. The maximum atomic E-state index is 13.5. The van der Waals surface area contributed by atoms with Gasteiger partial charge in [-0.05, 0) is 35.4 Å². The van der Waals surface area contributed by atoms with Crippen LogP contribution in [-0.4, -0.2) is 20.1 Å². The lowest BCUT2D eigenvalue weighted by molar-refractivity contribution is 0.0632. The van der Waals surface area contributed by atoms with Gasteiger partial charge in [-0.25, -0.2) is 21.9 Å². The highest BCUT2D eigenvalue weighted by atomic mass is 32.2. The SMILES string of the molecule is CC(O)(CNS(=O)(=O)Cc1ccc(F)cc1F)c1ccsc1. The van der Waals surface area contributed by atoms with Crippen molar-refractivity contribution in [3.63, 3.8) is 0 Å². The highest BCUT2D eigenvalue weighted by molar-refractivity contribution is 7.88. The zero-order chi connectivity index (χ0) is 16.4. The zero-order valence-electron chi connectivity index (χ0n) is 11.7. The normalized spacial score (nSPS) is 14.7. The van der Waals surface area contributed by atoms with E-state index < -0.39 is 33.0 Å². The standard InChI is InChI=1S/C14H15F2NO3S2/c1-14(18,11-4-5-21-7-11)9-17-22(19,20)8-10-2-3-12(15)6-13(10)16/h2-7,17-18H,8-9H2,1H3. The summed E-state index contributed by atoms with van der Waals surface area (Å²) in [6.45, 7) is 1.24. The Labute approximate surface area is 131 Å². The predicted molar refractivity (Wildman–Crippen MR) is 80.9 cm³/mol. The van der Waals surface area contributed by atoms with Gasteiger partial charge in [0.25, 0.3) is 0 Å². The summed E-state index contributed by atoms with van der Waals surface area (Å²) in [5.41, 5.74) is -0.911. The summed E-state index contributed by atoms with van der Waals surface area (Å²) in [5.74, 6) is -2.32. The first-order chi connectivity index (χ1) is 10.2. The summed E-state index contributed by atoms with van der Waals surface area (Å²) in [6, 6.07) is 4.40. The van der Waals surface area contributed by atoms with Crippen LogP contribution in [0.3, 0.4) is 0 Å². The molecule has 1 unspecified atom stereocenters. The molecule has 0 spiro atoms.